The van der Waals surface area contributed by atoms with Gasteiger partial charge in [0.25, 0.3) is 5.92 Å². The zero-order valence-corrected chi connectivity index (χ0v) is 11.1. The Balaban J connectivity index is 2.31. The molecule has 0 saturated heterocycles. The molecular weight excluding hydrogens is 250 g/mol. The average molecular weight is 268 g/mol. The van der Waals surface area contributed by atoms with Gasteiger partial charge in [0.2, 0.25) is 0 Å². The maximum absolute atomic E-state index is 14.1. The van der Waals surface area contributed by atoms with Crippen molar-refractivity contribution in [3.8, 4) is 0 Å². The lowest BCUT2D eigenvalue weighted by Crippen LogP contribution is -2.23. The van der Waals surface area contributed by atoms with Gasteiger partial charge in [-0.25, -0.2) is 8.78 Å². The van der Waals surface area contributed by atoms with Crippen molar-refractivity contribution in [2.45, 2.75) is 44.4 Å². The second-order valence-corrected chi connectivity index (χ2v) is 5.93. The molecule has 1 aromatic rings. The quantitative estimate of drug-likeness (QED) is 0.878. The second kappa shape index (κ2) is 4.58. The Bertz CT molecular complexity index is 491. The normalized spacial score (nSPS) is 16.4. The fourth-order valence-electron chi connectivity index (χ4n) is 2.31. The average Bonchev–Trinajstić information content (AvgIpc) is 3.11. The van der Waals surface area contributed by atoms with E-state index in [2.05, 4.69) is 0 Å². The van der Waals surface area contributed by atoms with Gasteiger partial charge in [0.1, 0.15) is 0 Å². The maximum atomic E-state index is 14.1. The Morgan fingerprint density at radius 2 is 1.89 bits per heavy atom. The van der Waals surface area contributed by atoms with E-state index < -0.39 is 23.2 Å². The zero-order valence-electron chi connectivity index (χ0n) is 11.1. The number of benzene rings is 1. The molecule has 19 heavy (non-hydrogen) atoms. The van der Waals surface area contributed by atoms with Crippen molar-refractivity contribution in [1.82, 2.24) is 0 Å². The first-order valence-corrected chi connectivity index (χ1v) is 6.44. The molecule has 0 radical (unpaired) electrons. The molecular formula is C15H18F2O2. The van der Waals surface area contributed by atoms with Crippen molar-refractivity contribution >= 4 is 5.97 Å². The van der Waals surface area contributed by atoms with Gasteiger partial charge in [0.15, 0.2) is 0 Å². The fraction of sp³-hybridized carbons (Fsp3) is 0.533. The molecule has 4 heteroatoms. The first-order chi connectivity index (χ1) is 8.73. The van der Waals surface area contributed by atoms with E-state index in [1.165, 1.54) is 12.1 Å². The van der Waals surface area contributed by atoms with Crippen molar-refractivity contribution in [2.75, 3.05) is 0 Å². The minimum absolute atomic E-state index is 0.00552. The molecule has 0 spiro atoms. The van der Waals surface area contributed by atoms with Gasteiger partial charge in [-0.1, -0.05) is 32.0 Å². The van der Waals surface area contributed by atoms with Crippen LogP contribution in [-0.4, -0.2) is 11.1 Å². The fourth-order valence-corrected chi connectivity index (χ4v) is 2.31. The van der Waals surface area contributed by atoms with Crippen molar-refractivity contribution in [3.63, 3.8) is 0 Å². The molecule has 0 bridgehead atoms. The summed E-state index contributed by atoms with van der Waals surface area (Å²) >= 11 is 0. The summed E-state index contributed by atoms with van der Waals surface area (Å²) in [6, 6.07) is 6.19. The number of carboxylic acid groups (broad SMARTS) is 1. The van der Waals surface area contributed by atoms with Crippen molar-refractivity contribution in [2.24, 2.45) is 5.92 Å². The third-order valence-corrected chi connectivity index (χ3v) is 3.71. The monoisotopic (exact) mass is 268 g/mol. The Kier molecular flexibility index (Phi) is 3.37. The van der Waals surface area contributed by atoms with E-state index in [1.807, 2.05) is 0 Å². The highest BCUT2D eigenvalue weighted by Crippen LogP contribution is 2.50. The first kappa shape index (κ1) is 14.0. The highest BCUT2D eigenvalue weighted by atomic mass is 19.3. The van der Waals surface area contributed by atoms with Crippen LogP contribution < -0.4 is 0 Å². The summed E-state index contributed by atoms with van der Waals surface area (Å²) in [7, 11) is 0. The predicted octanol–water partition coefficient (Wildman–Crippen LogP) is 3.94. The molecule has 1 aliphatic rings. The number of hydrogen-bond donors (Lipinski definition) is 1. The number of hydrogen-bond acceptors (Lipinski definition) is 1. The van der Waals surface area contributed by atoms with Crippen molar-refractivity contribution in [1.29, 1.82) is 0 Å². The van der Waals surface area contributed by atoms with Crippen LogP contribution in [0.3, 0.4) is 0 Å². The SMILES string of the molecule is CC(C)(CC(=O)O)c1cccc(C(F)(F)C2CC2)c1. The van der Waals surface area contributed by atoms with Crippen molar-refractivity contribution < 1.29 is 18.7 Å². The highest BCUT2D eigenvalue weighted by molar-refractivity contribution is 5.68. The molecule has 1 aromatic carbocycles. The van der Waals surface area contributed by atoms with Crippen LogP contribution in [0.5, 0.6) is 0 Å². The minimum atomic E-state index is -2.80. The van der Waals surface area contributed by atoms with Gasteiger partial charge in [-0.3, -0.25) is 4.79 Å². The van der Waals surface area contributed by atoms with E-state index >= 15 is 0 Å². The van der Waals surface area contributed by atoms with Crippen LogP contribution in [0.15, 0.2) is 24.3 Å². The zero-order chi connectivity index (χ0) is 14.3. The summed E-state index contributed by atoms with van der Waals surface area (Å²) < 4.78 is 28.1. The summed E-state index contributed by atoms with van der Waals surface area (Å²) in [5, 5.41) is 8.89. The van der Waals surface area contributed by atoms with E-state index in [0.717, 1.165) is 0 Å². The van der Waals surface area contributed by atoms with Crippen LogP contribution >= 0.6 is 0 Å². The molecule has 0 unspecified atom stereocenters. The predicted molar refractivity (Wildman–Crippen MR) is 68.3 cm³/mol. The summed E-state index contributed by atoms with van der Waals surface area (Å²) in [4.78, 5) is 10.8. The smallest absolute Gasteiger partial charge is 0.304 e. The second-order valence-electron chi connectivity index (χ2n) is 5.93. The standard InChI is InChI=1S/C15H18F2O2/c1-14(2,9-13(18)19)11-4-3-5-12(8-11)15(16,17)10-6-7-10/h3-5,8,10H,6-7,9H2,1-2H3,(H,18,19). The minimum Gasteiger partial charge on any atom is -0.481 e. The van der Waals surface area contributed by atoms with Crippen LogP contribution in [0, 0.1) is 5.92 Å². The Morgan fingerprint density at radius 1 is 1.32 bits per heavy atom. The number of carbonyl (C=O) groups is 1. The molecule has 1 aliphatic carbocycles. The van der Waals surface area contributed by atoms with Crippen LogP contribution in [0.2, 0.25) is 0 Å². The topological polar surface area (TPSA) is 37.3 Å². The number of halogens is 2. The number of rotatable bonds is 5. The van der Waals surface area contributed by atoms with Crippen LogP contribution in [0.1, 0.15) is 44.2 Å². The molecule has 104 valence electrons. The molecule has 0 amide bonds. The lowest BCUT2D eigenvalue weighted by atomic mass is 9.80. The van der Waals surface area contributed by atoms with E-state index in [0.29, 0.717) is 18.4 Å². The largest absolute Gasteiger partial charge is 0.481 e. The number of aliphatic carboxylic acids is 1. The van der Waals surface area contributed by atoms with E-state index in [-0.39, 0.29) is 12.0 Å². The molecule has 0 atom stereocenters. The molecule has 0 aliphatic heterocycles. The van der Waals surface area contributed by atoms with Gasteiger partial charge in [-0.15, -0.1) is 0 Å². The summed E-state index contributed by atoms with van der Waals surface area (Å²) in [6.07, 6.45) is 1.05. The Morgan fingerprint density at radius 3 is 2.42 bits per heavy atom. The van der Waals surface area contributed by atoms with E-state index in [1.54, 1.807) is 26.0 Å². The Hall–Kier alpha value is -1.45. The maximum Gasteiger partial charge on any atom is 0.304 e. The summed E-state index contributed by atoms with van der Waals surface area (Å²) in [5.74, 6) is -4.27. The third-order valence-electron chi connectivity index (χ3n) is 3.71. The lowest BCUT2D eigenvalue weighted by molar-refractivity contribution is -0.138. The molecule has 1 saturated carbocycles. The van der Waals surface area contributed by atoms with Gasteiger partial charge in [-0.05, 0) is 24.5 Å². The van der Waals surface area contributed by atoms with Gasteiger partial charge in [0, 0.05) is 16.9 Å². The van der Waals surface area contributed by atoms with Crippen molar-refractivity contribution in [3.05, 3.63) is 35.4 Å². The van der Waals surface area contributed by atoms with Gasteiger partial charge >= 0.3 is 5.97 Å². The number of alkyl halides is 2. The third kappa shape index (κ3) is 2.94. The molecule has 0 aromatic heterocycles. The van der Waals surface area contributed by atoms with E-state index in [4.69, 9.17) is 5.11 Å². The lowest BCUT2D eigenvalue weighted by Gasteiger charge is -2.25. The number of carboxylic acids is 1. The van der Waals surface area contributed by atoms with Gasteiger partial charge in [-0.2, -0.15) is 0 Å². The first-order valence-electron chi connectivity index (χ1n) is 6.44. The van der Waals surface area contributed by atoms with Gasteiger partial charge < -0.3 is 5.11 Å². The highest BCUT2D eigenvalue weighted by Gasteiger charge is 2.48. The molecule has 1 N–H and O–H groups in total. The van der Waals surface area contributed by atoms with E-state index in [9.17, 15) is 13.6 Å². The molecule has 2 nitrogen and oxygen atoms in total. The summed E-state index contributed by atoms with van der Waals surface area (Å²) in [5.41, 5.74) is 0.000248. The van der Waals surface area contributed by atoms with Crippen LogP contribution in [0.25, 0.3) is 0 Å². The Labute approximate surface area is 111 Å². The summed E-state index contributed by atoms with van der Waals surface area (Å²) in [6.45, 7) is 3.52. The molecule has 1 fully saturated rings. The van der Waals surface area contributed by atoms with Crippen LogP contribution in [0.4, 0.5) is 8.78 Å². The van der Waals surface area contributed by atoms with Gasteiger partial charge in [0.05, 0.1) is 6.42 Å². The molecule has 0 heterocycles. The molecule has 2 rings (SSSR count). The van der Waals surface area contributed by atoms with Crippen LogP contribution in [-0.2, 0) is 16.1 Å².